The standard InChI is InChI=1S/C9H11N5O2S/c1-14-6-7(9(10)12-14)17(15,16)13-8-4-2-3-5-11-8/h2-6H,1H3,(H2,10,12)(H,11,13). The maximum absolute atomic E-state index is 12.0. The molecule has 0 saturated heterocycles. The number of aromatic nitrogens is 3. The summed E-state index contributed by atoms with van der Waals surface area (Å²) in [5.74, 6) is 0.187. The quantitative estimate of drug-likeness (QED) is 0.813. The molecule has 2 rings (SSSR count). The zero-order valence-corrected chi connectivity index (χ0v) is 9.85. The average Bonchev–Trinajstić information content (AvgIpc) is 2.59. The molecule has 3 N–H and O–H groups in total. The van der Waals surface area contributed by atoms with Crippen molar-refractivity contribution in [3.8, 4) is 0 Å². The predicted octanol–water partition coefficient (Wildman–Crippen LogP) is 0.198. The van der Waals surface area contributed by atoms with E-state index in [1.165, 1.54) is 17.1 Å². The molecule has 0 atom stereocenters. The highest BCUT2D eigenvalue weighted by Crippen LogP contribution is 2.18. The largest absolute Gasteiger partial charge is 0.381 e. The van der Waals surface area contributed by atoms with Crippen molar-refractivity contribution in [1.29, 1.82) is 0 Å². The number of nitrogens with zero attached hydrogens (tertiary/aromatic N) is 3. The summed E-state index contributed by atoms with van der Waals surface area (Å²) in [4.78, 5) is 3.80. The monoisotopic (exact) mass is 253 g/mol. The van der Waals surface area contributed by atoms with Crippen molar-refractivity contribution in [1.82, 2.24) is 14.8 Å². The number of sulfonamides is 1. The molecule has 7 nitrogen and oxygen atoms in total. The Morgan fingerprint density at radius 1 is 1.41 bits per heavy atom. The maximum atomic E-state index is 12.0. The summed E-state index contributed by atoms with van der Waals surface area (Å²) >= 11 is 0. The van der Waals surface area contributed by atoms with Gasteiger partial charge in [-0.05, 0) is 12.1 Å². The maximum Gasteiger partial charge on any atom is 0.268 e. The number of nitrogen functional groups attached to an aromatic ring is 1. The second kappa shape index (κ2) is 4.06. The van der Waals surface area contributed by atoms with Crippen LogP contribution in [0.3, 0.4) is 0 Å². The molecule has 0 fully saturated rings. The summed E-state index contributed by atoms with van der Waals surface area (Å²) < 4.78 is 27.6. The van der Waals surface area contributed by atoms with Gasteiger partial charge in [-0.2, -0.15) is 5.10 Å². The fourth-order valence-corrected chi connectivity index (χ4v) is 2.42. The average molecular weight is 253 g/mol. The molecule has 0 amide bonds. The van der Waals surface area contributed by atoms with Crippen LogP contribution < -0.4 is 10.5 Å². The van der Waals surface area contributed by atoms with Gasteiger partial charge in [-0.15, -0.1) is 0 Å². The highest BCUT2D eigenvalue weighted by molar-refractivity contribution is 7.92. The Balaban J connectivity index is 2.35. The van der Waals surface area contributed by atoms with Crippen LogP contribution in [0.25, 0.3) is 0 Å². The second-order valence-corrected chi connectivity index (χ2v) is 5.02. The van der Waals surface area contributed by atoms with Crippen molar-refractivity contribution in [2.45, 2.75) is 4.90 Å². The van der Waals surface area contributed by atoms with E-state index in [1.54, 1.807) is 25.2 Å². The second-order valence-electron chi connectivity index (χ2n) is 3.37. The summed E-state index contributed by atoms with van der Waals surface area (Å²) in [5, 5.41) is 3.77. The number of pyridine rings is 1. The Kier molecular flexibility index (Phi) is 2.72. The number of nitrogens with one attached hydrogen (secondary N) is 1. The molecule has 0 radical (unpaired) electrons. The minimum absolute atomic E-state index is 0.0454. The Morgan fingerprint density at radius 2 is 2.18 bits per heavy atom. The van der Waals surface area contributed by atoms with Crippen LogP contribution in [0.4, 0.5) is 11.6 Å². The summed E-state index contributed by atoms with van der Waals surface area (Å²) in [6, 6.07) is 4.91. The van der Waals surface area contributed by atoms with E-state index in [1.807, 2.05) is 0 Å². The van der Waals surface area contributed by atoms with E-state index >= 15 is 0 Å². The van der Waals surface area contributed by atoms with Crippen LogP contribution in [0.1, 0.15) is 0 Å². The van der Waals surface area contributed by atoms with Gasteiger partial charge in [-0.1, -0.05) is 6.07 Å². The fraction of sp³-hybridized carbons (Fsp3) is 0.111. The van der Waals surface area contributed by atoms with E-state index in [0.29, 0.717) is 0 Å². The number of hydrogen-bond donors (Lipinski definition) is 2. The van der Waals surface area contributed by atoms with Crippen LogP contribution in [0.5, 0.6) is 0 Å². The molecule has 0 aliphatic carbocycles. The van der Waals surface area contributed by atoms with Crippen molar-refractivity contribution in [3.63, 3.8) is 0 Å². The van der Waals surface area contributed by atoms with E-state index in [9.17, 15) is 8.42 Å². The van der Waals surface area contributed by atoms with Gasteiger partial charge in [0.2, 0.25) is 0 Å². The fourth-order valence-electron chi connectivity index (χ4n) is 1.31. The molecular formula is C9H11N5O2S. The minimum atomic E-state index is -3.74. The van der Waals surface area contributed by atoms with Gasteiger partial charge in [0, 0.05) is 19.4 Å². The third-order valence-electron chi connectivity index (χ3n) is 2.02. The zero-order valence-electron chi connectivity index (χ0n) is 9.03. The van der Waals surface area contributed by atoms with Crippen LogP contribution in [0, 0.1) is 0 Å². The van der Waals surface area contributed by atoms with E-state index in [2.05, 4.69) is 14.8 Å². The normalized spacial score (nSPS) is 11.4. The Morgan fingerprint density at radius 3 is 2.71 bits per heavy atom. The van der Waals surface area contributed by atoms with Gasteiger partial charge in [0.1, 0.15) is 10.7 Å². The molecule has 8 heteroatoms. The van der Waals surface area contributed by atoms with Gasteiger partial charge in [0.05, 0.1) is 0 Å². The summed E-state index contributed by atoms with van der Waals surface area (Å²) in [5.41, 5.74) is 5.51. The first-order chi connectivity index (χ1) is 7.99. The highest BCUT2D eigenvalue weighted by Gasteiger charge is 2.20. The van der Waals surface area contributed by atoms with E-state index < -0.39 is 10.0 Å². The lowest BCUT2D eigenvalue weighted by Crippen LogP contribution is -2.14. The minimum Gasteiger partial charge on any atom is -0.381 e. The molecule has 90 valence electrons. The molecule has 0 aliphatic heterocycles. The zero-order chi connectivity index (χ0) is 12.5. The lowest BCUT2D eigenvalue weighted by atomic mass is 10.5. The first-order valence-electron chi connectivity index (χ1n) is 4.72. The van der Waals surface area contributed by atoms with Crippen molar-refractivity contribution >= 4 is 21.7 Å². The lowest BCUT2D eigenvalue weighted by molar-refractivity contribution is 0.601. The van der Waals surface area contributed by atoms with Gasteiger partial charge in [-0.25, -0.2) is 13.4 Å². The van der Waals surface area contributed by atoms with Gasteiger partial charge >= 0.3 is 0 Å². The Labute approximate surface area is 98.3 Å². The smallest absolute Gasteiger partial charge is 0.268 e. The van der Waals surface area contributed by atoms with E-state index in [-0.39, 0.29) is 16.5 Å². The number of nitrogens with two attached hydrogens (primary N) is 1. The molecule has 0 spiro atoms. The molecule has 0 saturated carbocycles. The Hall–Kier alpha value is -2.09. The van der Waals surface area contributed by atoms with Crippen molar-refractivity contribution in [2.75, 3.05) is 10.5 Å². The van der Waals surface area contributed by atoms with Crippen LogP contribution in [0.2, 0.25) is 0 Å². The number of rotatable bonds is 3. The lowest BCUT2D eigenvalue weighted by Gasteiger charge is -2.04. The summed E-state index contributed by atoms with van der Waals surface area (Å²) in [7, 11) is -2.15. The van der Waals surface area contributed by atoms with Gasteiger partial charge in [0.15, 0.2) is 5.82 Å². The third-order valence-corrected chi connectivity index (χ3v) is 3.39. The molecule has 2 aromatic heterocycles. The van der Waals surface area contributed by atoms with Gasteiger partial charge in [0.25, 0.3) is 10.0 Å². The number of hydrogen-bond acceptors (Lipinski definition) is 5. The molecule has 0 aromatic carbocycles. The molecular weight excluding hydrogens is 242 g/mol. The molecule has 0 unspecified atom stereocenters. The highest BCUT2D eigenvalue weighted by atomic mass is 32.2. The summed E-state index contributed by atoms with van der Waals surface area (Å²) in [6.07, 6.45) is 2.82. The van der Waals surface area contributed by atoms with Crippen LogP contribution in [0.15, 0.2) is 35.5 Å². The van der Waals surface area contributed by atoms with Crippen molar-refractivity contribution in [2.24, 2.45) is 7.05 Å². The van der Waals surface area contributed by atoms with Crippen molar-refractivity contribution < 1.29 is 8.42 Å². The first-order valence-corrected chi connectivity index (χ1v) is 6.20. The SMILES string of the molecule is Cn1cc(S(=O)(=O)Nc2ccccn2)c(N)n1. The van der Waals surface area contributed by atoms with Crippen LogP contribution in [-0.2, 0) is 17.1 Å². The Bertz CT molecular complexity index is 620. The molecule has 17 heavy (non-hydrogen) atoms. The van der Waals surface area contributed by atoms with Gasteiger partial charge in [-0.3, -0.25) is 9.40 Å². The van der Waals surface area contributed by atoms with Gasteiger partial charge < -0.3 is 5.73 Å². The molecule has 0 aliphatic rings. The first kappa shape index (κ1) is 11.4. The number of anilines is 2. The number of aryl methyl sites for hydroxylation is 1. The third kappa shape index (κ3) is 2.36. The summed E-state index contributed by atoms with van der Waals surface area (Å²) in [6.45, 7) is 0. The predicted molar refractivity (Wildman–Crippen MR) is 62.7 cm³/mol. The molecule has 2 heterocycles. The molecule has 0 bridgehead atoms. The van der Waals surface area contributed by atoms with Crippen LogP contribution in [-0.4, -0.2) is 23.2 Å². The molecule has 2 aromatic rings. The van der Waals surface area contributed by atoms with E-state index in [0.717, 1.165) is 0 Å². The van der Waals surface area contributed by atoms with Crippen LogP contribution >= 0.6 is 0 Å². The van der Waals surface area contributed by atoms with Crippen molar-refractivity contribution in [3.05, 3.63) is 30.6 Å². The van der Waals surface area contributed by atoms with E-state index in [4.69, 9.17) is 5.73 Å². The topological polar surface area (TPSA) is 103 Å².